The van der Waals surface area contributed by atoms with Crippen molar-refractivity contribution in [3.63, 3.8) is 0 Å². The molecule has 92 heavy (non-hydrogen) atoms. The molecular weight excluding hydrogens is 1160 g/mol. The number of likely N-dealkylation sites (N-methyl/N-ethyl adjacent to an activating group) is 1. The molecule has 0 fully saturated rings. The third-order valence-electron chi connectivity index (χ3n) is 16.5. The van der Waals surface area contributed by atoms with E-state index in [0.29, 0.717) is 17.4 Å². The molecule has 2 unspecified atom stereocenters. The number of unbranched alkanes of at least 4 members (excludes halogenated alkanes) is 36. The van der Waals surface area contributed by atoms with Gasteiger partial charge in [-0.2, -0.15) is 0 Å². The predicted octanol–water partition coefficient (Wildman–Crippen LogP) is 24.8. The lowest BCUT2D eigenvalue weighted by atomic mass is 10.0. The number of rotatable bonds is 70. The summed E-state index contributed by atoms with van der Waals surface area (Å²) in [5, 5.41) is 0. The van der Waals surface area contributed by atoms with Gasteiger partial charge >= 0.3 is 11.9 Å². The summed E-state index contributed by atoms with van der Waals surface area (Å²) in [4.78, 5) is 38.1. The maximum Gasteiger partial charge on any atom is 0.306 e. The van der Waals surface area contributed by atoms with E-state index in [2.05, 4.69) is 135 Å². The minimum absolute atomic E-state index is 0.0408. The summed E-state index contributed by atoms with van der Waals surface area (Å²) in [7, 11) is 1.14. The number of quaternary nitrogens is 1. The molecule has 0 bridgehead atoms. The molecule has 0 spiro atoms. The van der Waals surface area contributed by atoms with Crippen molar-refractivity contribution in [2.45, 2.75) is 341 Å². The zero-order valence-corrected chi connectivity index (χ0v) is 61.4. The van der Waals surface area contributed by atoms with Crippen molar-refractivity contribution >= 4 is 19.8 Å². The van der Waals surface area contributed by atoms with Gasteiger partial charge in [0.25, 0.3) is 7.82 Å². The molecule has 0 aliphatic carbocycles. The number of nitrogens with zero attached hydrogens (tertiary/aromatic N) is 1. The van der Waals surface area contributed by atoms with Crippen LogP contribution in [0.25, 0.3) is 0 Å². The van der Waals surface area contributed by atoms with Gasteiger partial charge in [-0.1, -0.05) is 334 Å². The van der Waals surface area contributed by atoms with Gasteiger partial charge in [0.1, 0.15) is 19.8 Å². The minimum atomic E-state index is -4.66. The molecule has 0 aromatic heterocycles. The average Bonchev–Trinajstić information content (AvgIpc) is 2.14. The van der Waals surface area contributed by atoms with Crippen LogP contribution in [-0.2, 0) is 32.7 Å². The fourth-order valence-electron chi connectivity index (χ4n) is 10.6. The standard InChI is InChI=1S/C82H144NO8P/c1-6-8-10-12-14-16-18-20-22-24-26-28-30-32-34-36-37-38-39-40-41-42-43-44-45-47-48-50-52-54-56-58-60-62-64-66-68-70-72-74-81(84)88-78-80(79-90-92(86,87)89-77-76-83(3,4)5)91-82(85)75-73-71-69-67-65-63-61-59-57-55-53-51-49-46-35-33-31-29-27-25-23-21-19-17-15-13-11-9-7-2/h9,11,15,17-18,20-21,23-24,26-27,29,33,35,49,51,55,57,61,63,80H,6-8,10,12-14,16,19,22,25,28,30-32,34,36-48,50,52-54,56,58-60,62,64-79H2,1-5H3/b11-9-,17-15-,20-18-,23-21-,26-24-,29-27-,35-33-,51-49-,57-55-,63-61-. The molecule has 0 saturated carbocycles. The number of carbonyl (C=O) groups is 2. The van der Waals surface area contributed by atoms with Crippen molar-refractivity contribution in [3.8, 4) is 0 Å². The summed E-state index contributed by atoms with van der Waals surface area (Å²) in [6.45, 7) is 4.11. The van der Waals surface area contributed by atoms with E-state index in [4.69, 9.17) is 18.5 Å². The number of allylic oxidation sites excluding steroid dienone is 20. The fourth-order valence-corrected chi connectivity index (χ4v) is 11.4. The van der Waals surface area contributed by atoms with Crippen molar-refractivity contribution in [3.05, 3.63) is 122 Å². The quantitative estimate of drug-likeness (QED) is 0.0195. The largest absolute Gasteiger partial charge is 0.756 e. The molecule has 0 aromatic rings. The lowest BCUT2D eigenvalue weighted by molar-refractivity contribution is -0.870. The first-order valence-electron chi connectivity index (χ1n) is 38.2. The predicted molar refractivity (Wildman–Crippen MR) is 397 cm³/mol. The van der Waals surface area contributed by atoms with Crippen LogP contribution < -0.4 is 4.89 Å². The fraction of sp³-hybridized carbons (Fsp3) is 0.732. The molecular formula is C82H144NO8P. The maximum absolute atomic E-state index is 12.9. The Kier molecular flexibility index (Phi) is 68.9. The summed E-state index contributed by atoms with van der Waals surface area (Å²) in [6.07, 6.45) is 103. The van der Waals surface area contributed by atoms with Crippen molar-refractivity contribution in [1.29, 1.82) is 0 Å². The van der Waals surface area contributed by atoms with Gasteiger partial charge in [0.05, 0.1) is 27.7 Å². The molecule has 530 valence electrons. The Labute approximate surface area is 568 Å². The third kappa shape index (κ3) is 75.4. The van der Waals surface area contributed by atoms with E-state index in [0.717, 1.165) is 103 Å². The highest BCUT2D eigenvalue weighted by Gasteiger charge is 2.22. The van der Waals surface area contributed by atoms with Crippen LogP contribution in [0.15, 0.2) is 122 Å². The van der Waals surface area contributed by atoms with Crippen molar-refractivity contribution in [2.24, 2.45) is 0 Å². The Bertz CT molecular complexity index is 1970. The Morgan fingerprint density at radius 2 is 0.620 bits per heavy atom. The molecule has 0 amide bonds. The van der Waals surface area contributed by atoms with Gasteiger partial charge in [-0.3, -0.25) is 14.2 Å². The molecule has 0 saturated heterocycles. The van der Waals surface area contributed by atoms with Crippen LogP contribution in [0.5, 0.6) is 0 Å². The molecule has 0 heterocycles. The van der Waals surface area contributed by atoms with Crippen LogP contribution in [0.1, 0.15) is 335 Å². The lowest BCUT2D eigenvalue weighted by Crippen LogP contribution is -2.37. The van der Waals surface area contributed by atoms with Gasteiger partial charge in [0, 0.05) is 12.8 Å². The summed E-state index contributed by atoms with van der Waals surface area (Å²) in [5.41, 5.74) is 0. The highest BCUT2D eigenvalue weighted by atomic mass is 31.2. The molecule has 0 aliphatic rings. The Balaban J connectivity index is 4.01. The second kappa shape index (κ2) is 71.7. The van der Waals surface area contributed by atoms with Crippen LogP contribution in [0.3, 0.4) is 0 Å². The van der Waals surface area contributed by atoms with Crippen LogP contribution in [0, 0.1) is 0 Å². The Morgan fingerprint density at radius 3 is 0.924 bits per heavy atom. The molecule has 0 N–H and O–H groups in total. The van der Waals surface area contributed by atoms with Gasteiger partial charge in [-0.05, 0) is 109 Å². The second-order valence-corrected chi connectivity index (χ2v) is 28.0. The topological polar surface area (TPSA) is 111 Å². The summed E-state index contributed by atoms with van der Waals surface area (Å²) in [5.74, 6) is -0.858. The first-order valence-corrected chi connectivity index (χ1v) is 39.7. The molecule has 0 radical (unpaired) electrons. The third-order valence-corrected chi connectivity index (χ3v) is 17.4. The lowest BCUT2D eigenvalue weighted by Gasteiger charge is -2.28. The smallest absolute Gasteiger partial charge is 0.306 e. The first-order chi connectivity index (χ1) is 45.0. The van der Waals surface area contributed by atoms with E-state index in [1.54, 1.807) is 0 Å². The van der Waals surface area contributed by atoms with E-state index in [1.165, 1.54) is 199 Å². The highest BCUT2D eigenvalue weighted by Crippen LogP contribution is 2.38. The highest BCUT2D eigenvalue weighted by molar-refractivity contribution is 7.45. The van der Waals surface area contributed by atoms with E-state index in [9.17, 15) is 19.0 Å². The summed E-state index contributed by atoms with van der Waals surface area (Å²) < 4.78 is 34.3. The normalized spacial score (nSPS) is 13.8. The number of phosphoric acid groups is 1. The number of hydrogen-bond acceptors (Lipinski definition) is 8. The van der Waals surface area contributed by atoms with Gasteiger partial charge in [-0.15, -0.1) is 0 Å². The molecule has 2 atom stereocenters. The zero-order chi connectivity index (χ0) is 66.9. The van der Waals surface area contributed by atoms with Crippen molar-refractivity contribution in [1.82, 2.24) is 0 Å². The second-order valence-electron chi connectivity index (χ2n) is 26.6. The summed E-state index contributed by atoms with van der Waals surface area (Å²) >= 11 is 0. The monoisotopic (exact) mass is 1300 g/mol. The van der Waals surface area contributed by atoms with Crippen molar-refractivity contribution < 1.29 is 42.1 Å². The summed E-state index contributed by atoms with van der Waals surface area (Å²) in [6, 6.07) is 0. The Hall–Kier alpha value is -3.59. The minimum Gasteiger partial charge on any atom is -0.756 e. The zero-order valence-electron chi connectivity index (χ0n) is 60.5. The molecule has 0 aromatic carbocycles. The maximum atomic E-state index is 12.9. The van der Waals surface area contributed by atoms with Crippen LogP contribution in [-0.4, -0.2) is 70.0 Å². The van der Waals surface area contributed by atoms with E-state index in [-0.39, 0.29) is 32.0 Å². The number of phosphoric ester groups is 1. The molecule has 0 aliphatic heterocycles. The van der Waals surface area contributed by atoms with Gasteiger partial charge in [0.2, 0.25) is 0 Å². The first kappa shape index (κ1) is 88.4. The number of ether oxygens (including phenoxy) is 2. The SMILES string of the molecule is CC/C=C\C/C=C\C/C=C\C/C=C\C/C=C\C/C=C\C/C=C\C/C=C\CCCCCCC(=O)OC(COC(=O)CCCCCCCCCCCCCCCCCCCCCCCCCCCCC/C=C\C/C=C\CCCCCCC)COP(=O)([O-])OCC[N+](C)(C)C. The van der Waals surface area contributed by atoms with E-state index < -0.39 is 26.5 Å². The molecule has 9 nitrogen and oxygen atoms in total. The van der Waals surface area contributed by atoms with Crippen LogP contribution in [0.4, 0.5) is 0 Å². The average molecular weight is 1300 g/mol. The van der Waals surface area contributed by atoms with Gasteiger partial charge in [-0.25, -0.2) is 0 Å². The Morgan fingerprint density at radius 1 is 0.348 bits per heavy atom. The van der Waals surface area contributed by atoms with Gasteiger partial charge < -0.3 is 27.9 Å². The number of hydrogen-bond donors (Lipinski definition) is 0. The van der Waals surface area contributed by atoms with E-state index in [1.807, 2.05) is 21.1 Å². The van der Waals surface area contributed by atoms with E-state index >= 15 is 0 Å². The number of esters is 2. The van der Waals surface area contributed by atoms with Gasteiger partial charge in [0.15, 0.2) is 6.10 Å². The number of carbonyl (C=O) groups excluding carboxylic acids is 2. The van der Waals surface area contributed by atoms with Crippen LogP contribution in [0.2, 0.25) is 0 Å². The molecule has 10 heteroatoms. The van der Waals surface area contributed by atoms with Crippen LogP contribution >= 0.6 is 7.82 Å². The molecule has 0 rings (SSSR count). The van der Waals surface area contributed by atoms with Crippen molar-refractivity contribution in [2.75, 3.05) is 47.5 Å².